The number of aromatic nitrogens is 5. The van der Waals surface area contributed by atoms with Crippen LogP contribution in [-0.2, 0) is 20.0 Å². The summed E-state index contributed by atoms with van der Waals surface area (Å²) in [5.41, 5.74) is 5.00. The van der Waals surface area contributed by atoms with Crippen LogP contribution in [0.4, 0.5) is 5.69 Å². The number of pyridine rings is 3. The molecule has 11 heteroatoms. The second-order valence-electron chi connectivity index (χ2n) is 9.26. The van der Waals surface area contributed by atoms with E-state index in [1.54, 1.807) is 53.9 Å². The fourth-order valence-electron chi connectivity index (χ4n) is 4.92. The van der Waals surface area contributed by atoms with E-state index in [1.165, 1.54) is 0 Å². The van der Waals surface area contributed by atoms with Gasteiger partial charge in [0.25, 0.3) is 11.5 Å². The van der Waals surface area contributed by atoms with E-state index in [4.69, 9.17) is 11.6 Å². The summed E-state index contributed by atoms with van der Waals surface area (Å²) >= 11 is 6.21. The third kappa shape index (κ3) is 4.96. The van der Waals surface area contributed by atoms with Gasteiger partial charge in [0.2, 0.25) is 0 Å². The number of halogens is 1. The lowest BCUT2D eigenvalue weighted by atomic mass is 9.98. The molecule has 0 bridgehead atoms. The molecule has 0 fully saturated rings. The minimum absolute atomic E-state index is 0.0742. The van der Waals surface area contributed by atoms with Crippen molar-refractivity contribution in [1.82, 2.24) is 29.6 Å². The Labute approximate surface area is 229 Å². The number of rotatable bonds is 8. The molecule has 0 aliphatic rings. The van der Waals surface area contributed by atoms with Crippen LogP contribution in [0.1, 0.15) is 21.6 Å². The fraction of sp³-hybridized carbons (Fsp3) is 0.250. The number of aliphatic hydroxyl groups excluding tert-OH is 1. The Bertz CT molecular complexity index is 1760. The number of hydrogen-bond donors (Lipinski definition) is 3. The highest BCUT2D eigenvalue weighted by Crippen LogP contribution is 2.30. The number of aryl methyl sites for hydroxylation is 2. The summed E-state index contributed by atoms with van der Waals surface area (Å²) in [6.45, 7) is 2.76. The molecule has 5 aromatic rings. The summed E-state index contributed by atoms with van der Waals surface area (Å²) in [6, 6.07) is 11.0. The lowest BCUT2D eigenvalue weighted by Gasteiger charge is -2.15. The number of nitrogens with zero attached hydrogens (tertiary/aromatic N) is 5. The fourth-order valence-corrected chi connectivity index (χ4v) is 5.06. The number of amides is 1. The number of carbonyl (C=O) groups excluding carboxylic acids is 1. The first-order chi connectivity index (χ1) is 18.8. The lowest BCUT2D eigenvalue weighted by Crippen LogP contribution is -2.21. The van der Waals surface area contributed by atoms with Gasteiger partial charge in [-0.15, -0.1) is 0 Å². The second kappa shape index (κ2) is 10.8. The van der Waals surface area contributed by atoms with Gasteiger partial charge < -0.3 is 15.7 Å². The number of hydrogen-bond acceptors (Lipinski definition) is 7. The van der Waals surface area contributed by atoms with Crippen LogP contribution in [0.3, 0.4) is 0 Å². The second-order valence-corrected chi connectivity index (χ2v) is 9.64. The highest BCUT2D eigenvalue weighted by molar-refractivity contribution is 6.29. The van der Waals surface area contributed by atoms with E-state index < -0.39 is 0 Å². The molecular weight excluding hydrogens is 518 g/mol. The van der Waals surface area contributed by atoms with Crippen molar-refractivity contribution < 1.29 is 9.90 Å². The van der Waals surface area contributed by atoms with Crippen molar-refractivity contribution in [1.29, 1.82) is 0 Å². The molecule has 5 rings (SSSR count). The van der Waals surface area contributed by atoms with Gasteiger partial charge in [-0.3, -0.25) is 19.1 Å². The van der Waals surface area contributed by atoms with E-state index in [2.05, 4.69) is 31.8 Å². The molecule has 200 valence electrons. The highest BCUT2D eigenvalue weighted by atomic mass is 35.5. The minimum atomic E-state index is -0.268. The van der Waals surface area contributed by atoms with Crippen LogP contribution in [-0.4, -0.2) is 55.5 Å². The van der Waals surface area contributed by atoms with E-state index in [1.807, 2.05) is 19.1 Å². The normalized spacial score (nSPS) is 11.3. The zero-order chi connectivity index (χ0) is 27.7. The molecule has 0 saturated heterocycles. The molecule has 4 heterocycles. The summed E-state index contributed by atoms with van der Waals surface area (Å²) in [7, 11) is 3.29. The quantitative estimate of drug-likeness (QED) is 0.255. The number of benzene rings is 1. The van der Waals surface area contributed by atoms with Gasteiger partial charge in [0, 0.05) is 48.6 Å². The maximum Gasteiger partial charge on any atom is 0.269 e. The van der Waals surface area contributed by atoms with Crippen molar-refractivity contribution in [3.05, 3.63) is 81.1 Å². The Hall–Kier alpha value is -4.28. The van der Waals surface area contributed by atoms with E-state index in [9.17, 15) is 14.7 Å². The molecule has 1 amide bonds. The average Bonchev–Trinajstić information content (AvgIpc) is 3.35. The van der Waals surface area contributed by atoms with Gasteiger partial charge in [-0.25, -0.2) is 9.67 Å². The van der Waals surface area contributed by atoms with E-state index in [0.29, 0.717) is 47.1 Å². The SMILES string of the molecule is CNC(=O)c1ccc(-c2nc(Cl)ccc2NCCc2cc(C)cc3c(=O)n(C)c4c(cnn4CCO)c23)cn1. The molecule has 0 aliphatic heterocycles. The van der Waals surface area contributed by atoms with Crippen molar-refractivity contribution >= 4 is 45.0 Å². The predicted octanol–water partition coefficient (Wildman–Crippen LogP) is 3.31. The largest absolute Gasteiger partial charge is 0.394 e. The average molecular weight is 546 g/mol. The summed E-state index contributed by atoms with van der Waals surface area (Å²) in [4.78, 5) is 33.9. The van der Waals surface area contributed by atoms with Crippen LogP contribution in [0, 0.1) is 6.92 Å². The van der Waals surface area contributed by atoms with Crippen LogP contribution < -0.4 is 16.2 Å². The van der Waals surface area contributed by atoms with E-state index in [-0.39, 0.29) is 18.1 Å². The van der Waals surface area contributed by atoms with Gasteiger partial charge in [0.05, 0.1) is 30.7 Å². The monoisotopic (exact) mass is 545 g/mol. The van der Waals surface area contributed by atoms with Crippen LogP contribution in [0.5, 0.6) is 0 Å². The summed E-state index contributed by atoms with van der Waals surface area (Å²) < 4.78 is 3.25. The summed E-state index contributed by atoms with van der Waals surface area (Å²) in [5, 5.41) is 22.6. The topological polar surface area (TPSA) is 127 Å². The lowest BCUT2D eigenvalue weighted by molar-refractivity contribution is 0.0958. The molecule has 4 aromatic heterocycles. The molecule has 0 radical (unpaired) electrons. The van der Waals surface area contributed by atoms with Gasteiger partial charge in [0.15, 0.2) is 0 Å². The molecule has 0 atom stereocenters. The van der Waals surface area contributed by atoms with Crippen LogP contribution >= 0.6 is 11.6 Å². The van der Waals surface area contributed by atoms with Crippen LogP contribution in [0.2, 0.25) is 5.15 Å². The highest BCUT2D eigenvalue weighted by Gasteiger charge is 2.17. The predicted molar refractivity (Wildman–Crippen MR) is 152 cm³/mol. The van der Waals surface area contributed by atoms with Gasteiger partial charge >= 0.3 is 0 Å². The third-order valence-electron chi connectivity index (χ3n) is 6.68. The molecule has 3 N–H and O–H groups in total. The van der Waals surface area contributed by atoms with E-state index >= 15 is 0 Å². The first-order valence-corrected chi connectivity index (χ1v) is 12.9. The molecule has 0 spiro atoms. The number of nitrogens with one attached hydrogen (secondary N) is 2. The first kappa shape index (κ1) is 26.3. The molecular formula is C28H28ClN7O3. The van der Waals surface area contributed by atoms with Crippen molar-refractivity contribution in [3.8, 4) is 11.3 Å². The standard InChI is InChI=1S/C28H28ClN7O3/c1-16-12-17(24-19(13-16)28(39)35(3)27-20(24)15-33-36(27)10-11-37)8-9-31-21-6-7-23(29)34-25(21)18-4-5-22(32-14-18)26(38)30-2/h4-7,12-15,31,37H,8-11H2,1-3H3,(H,30,38). The Morgan fingerprint density at radius 1 is 1.13 bits per heavy atom. The smallest absolute Gasteiger partial charge is 0.269 e. The van der Waals surface area contributed by atoms with Crippen molar-refractivity contribution in [3.63, 3.8) is 0 Å². The Morgan fingerprint density at radius 3 is 2.67 bits per heavy atom. The number of fused-ring (bicyclic) bond motifs is 3. The molecule has 0 aliphatic carbocycles. The maximum absolute atomic E-state index is 13.3. The number of aliphatic hydroxyl groups is 1. The van der Waals surface area contributed by atoms with Gasteiger partial charge in [-0.1, -0.05) is 23.2 Å². The zero-order valence-electron chi connectivity index (χ0n) is 21.8. The Balaban J connectivity index is 1.49. The third-order valence-corrected chi connectivity index (χ3v) is 6.89. The van der Waals surface area contributed by atoms with Crippen molar-refractivity contribution in [2.24, 2.45) is 7.05 Å². The van der Waals surface area contributed by atoms with Gasteiger partial charge in [-0.05, 0) is 49.2 Å². The minimum Gasteiger partial charge on any atom is -0.394 e. The number of anilines is 1. The molecule has 39 heavy (non-hydrogen) atoms. The number of carbonyl (C=O) groups is 1. The van der Waals surface area contributed by atoms with Crippen molar-refractivity contribution in [2.75, 3.05) is 25.5 Å². The molecule has 10 nitrogen and oxygen atoms in total. The zero-order valence-corrected chi connectivity index (χ0v) is 22.6. The summed E-state index contributed by atoms with van der Waals surface area (Å²) in [6.07, 6.45) is 3.98. The summed E-state index contributed by atoms with van der Waals surface area (Å²) in [5.74, 6) is -0.268. The molecule has 1 aromatic carbocycles. The molecule has 0 saturated carbocycles. The van der Waals surface area contributed by atoms with Crippen LogP contribution in [0.15, 0.2) is 53.6 Å². The molecule has 0 unspecified atom stereocenters. The van der Waals surface area contributed by atoms with Crippen LogP contribution in [0.25, 0.3) is 33.1 Å². The Morgan fingerprint density at radius 2 is 1.95 bits per heavy atom. The van der Waals surface area contributed by atoms with Gasteiger partial charge in [-0.2, -0.15) is 5.10 Å². The van der Waals surface area contributed by atoms with Gasteiger partial charge in [0.1, 0.15) is 16.5 Å². The van der Waals surface area contributed by atoms with Crippen molar-refractivity contribution in [2.45, 2.75) is 19.9 Å². The maximum atomic E-state index is 13.3. The van der Waals surface area contributed by atoms with E-state index in [0.717, 1.165) is 33.2 Å². The first-order valence-electron chi connectivity index (χ1n) is 12.5. The Kier molecular flexibility index (Phi) is 7.32.